The van der Waals surface area contributed by atoms with E-state index in [4.69, 9.17) is 4.74 Å². The molecule has 3 N–H and O–H groups in total. The van der Waals surface area contributed by atoms with E-state index in [2.05, 4.69) is 26.1 Å². The van der Waals surface area contributed by atoms with E-state index in [0.717, 1.165) is 22.8 Å². The van der Waals surface area contributed by atoms with Crippen LogP contribution in [0, 0.1) is 6.92 Å². The monoisotopic (exact) mass is 366 g/mol. The van der Waals surface area contributed by atoms with Gasteiger partial charge in [-0.3, -0.25) is 0 Å². The van der Waals surface area contributed by atoms with E-state index >= 15 is 0 Å². The van der Waals surface area contributed by atoms with Crippen molar-refractivity contribution in [2.24, 2.45) is 0 Å². The molecule has 140 valence electrons. The van der Waals surface area contributed by atoms with Crippen molar-refractivity contribution in [1.82, 2.24) is 20.1 Å². The molecular formula is C19H22N6O2. The van der Waals surface area contributed by atoms with E-state index < -0.39 is 0 Å². The molecule has 27 heavy (non-hydrogen) atoms. The summed E-state index contributed by atoms with van der Waals surface area (Å²) in [4.78, 5) is 12.0. The molecule has 0 saturated heterocycles. The Balaban J connectivity index is 1.41. The maximum absolute atomic E-state index is 12.0. The number of aryl methyl sites for hydroxylation is 1. The van der Waals surface area contributed by atoms with Crippen molar-refractivity contribution in [1.29, 1.82) is 0 Å². The van der Waals surface area contributed by atoms with Crippen LogP contribution in [0.4, 0.5) is 16.3 Å². The van der Waals surface area contributed by atoms with Crippen LogP contribution >= 0.6 is 0 Å². The Morgan fingerprint density at radius 1 is 1.11 bits per heavy atom. The van der Waals surface area contributed by atoms with Crippen molar-refractivity contribution >= 4 is 17.5 Å². The van der Waals surface area contributed by atoms with Gasteiger partial charge in [-0.05, 0) is 55.0 Å². The van der Waals surface area contributed by atoms with E-state index in [-0.39, 0.29) is 6.03 Å². The Bertz CT molecular complexity index is 878. The summed E-state index contributed by atoms with van der Waals surface area (Å²) >= 11 is 0. The number of ether oxygens (including phenoxy) is 1. The summed E-state index contributed by atoms with van der Waals surface area (Å²) in [6, 6.07) is 12.8. The Labute approximate surface area is 157 Å². The third-order valence-corrected chi connectivity index (χ3v) is 3.92. The molecule has 1 aromatic carbocycles. The quantitative estimate of drug-likeness (QED) is 0.559. The zero-order chi connectivity index (χ0) is 19.1. The number of hydrogen-bond donors (Lipinski definition) is 3. The molecule has 0 aliphatic carbocycles. The van der Waals surface area contributed by atoms with Gasteiger partial charge in [0.1, 0.15) is 11.6 Å². The zero-order valence-electron chi connectivity index (χ0n) is 15.3. The molecule has 0 aliphatic rings. The van der Waals surface area contributed by atoms with E-state index in [1.54, 1.807) is 13.2 Å². The SMILES string of the molecule is COc1ccc(NC(=O)NCCNc2ccc(-n3cccc3)nn2)c(C)c1. The van der Waals surface area contributed by atoms with E-state index in [0.29, 0.717) is 18.9 Å². The van der Waals surface area contributed by atoms with Crippen LogP contribution < -0.4 is 20.7 Å². The predicted molar refractivity (Wildman–Crippen MR) is 105 cm³/mol. The average molecular weight is 366 g/mol. The molecule has 0 fully saturated rings. The highest BCUT2D eigenvalue weighted by atomic mass is 16.5. The molecule has 2 amide bonds. The Morgan fingerprint density at radius 3 is 2.59 bits per heavy atom. The number of amides is 2. The smallest absolute Gasteiger partial charge is 0.319 e. The van der Waals surface area contributed by atoms with Crippen LogP contribution in [0.5, 0.6) is 5.75 Å². The van der Waals surface area contributed by atoms with Gasteiger partial charge in [0, 0.05) is 31.2 Å². The van der Waals surface area contributed by atoms with Crippen molar-refractivity contribution < 1.29 is 9.53 Å². The van der Waals surface area contributed by atoms with Crippen molar-refractivity contribution in [3.05, 3.63) is 60.4 Å². The fourth-order valence-corrected chi connectivity index (χ4v) is 2.48. The summed E-state index contributed by atoms with van der Waals surface area (Å²) in [5, 5.41) is 17.0. The van der Waals surface area contributed by atoms with Crippen molar-refractivity contribution in [3.8, 4) is 11.6 Å². The van der Waals surface area contributed by atoms with E-state index in [1.807, 2.05) is 60.3 Å². The van der Waals surface area contributed by atoms with Gasteiger partial charge in [-0.15, -0.1) is 10.2 Å². The van der Waals surface area contributed by atoms with Crippen LogP contribution in [0.2, 0.25) is 0 Å². The summed E-state index contributed by atoms with van der Waals surface area (Å²) in [6.45, 7) is 2.89. The summed E-state index contributed by atoms with van der Waals surface area (Å²) in [6.07, 6.45) is 3.81. The highest BCUT2D eigenvalue weighted by molar-refractivity contribution is 5.90. The zero-order valence-corrected chi connectivity index (χ0v) is 15.3. The topological polar surface area (TPSA) is 93.1 Å². The first-order valence-electron chi connectivity index (χ1n) is 8.56. The van der Waals surface area contributed by atoms with Crippen LogP contribution in [0.25, 0.3) is 5.82 Å². The summed E-state index contributed by atoms with van der Waals surface area (Å²) in [5.41, 5.74) is 1.67. The molecule has 3 rings (SSSR count). The highest BCUT2D eigenvalue weighted by Crippen LogP contribution is 2.20. The minimum atomic E-state index is -0.265. The van der Waals surface area contributed by atoms with Crippen LogP contribution in [-0.2, 0) is 0 Å². The third kappa shape index (κ3) is 4.97. The maximum atomic E-state index is 12.0. The molecule has 0 radical (unpaired) electrons. The standard InChI is InChI=1S/C19H22N6O2/c1-14-13-15(27-2)5-6-16(14)22-19(26)21-10-9-20-17-7-8-18(24-23-17)25-11-3-4-12-25/h3-8,11-13H,9-10H2,1-2H3,(H,20,23)(H2,21,22,26). The fourth-order valence-electron chi connectivity index (χ4n) is 2.48. The molecule has 0 spiro atoms. The van der Waals surface area contributed by atoms with Gasteiger partial charge in [-0.25, -0.2) is 4.79 Å². The second-order valence-corrected chi connectivity index (χ2v) is 5.86. The van der Waals surface area contributed by atoms with Gasteiger partial charge in [0.05, 0.1) is 7.11 Å². The van der Waals surface area contributed by atoms with Crippen molar-refractivity contribution in [2.75, 3.05) is 30.8 Å². The van der Waals surface area contributed by atoms with Crippen LogP contribution in [0.3, 0.4) is 0 Å². The number of aromatic nitrogens is 3. The van der Waals surface area contributed by atoms with Gasteiger partial charge < -0.3 is 25.3 Å². The number of nitrogens with zero attached hydrogens (tertiary/aromatic N) is 3. The second-order valence-electron chi connectivity index (χ2n) is 5.86. The van der Waals surface area contributed by atoms with Crippen LogP contribution in [0.15, 0.2) is 54.9 Å². The van der Waals surface area contributed by atoms with Gasteiger partial charge >= 0.3 is 6.03 Å². The van der Waals surface area contributed by atoms with Crippen LogP contribution in [0.1, 0.15) is 5.56 Å². The minimum absolute atomic E-state index is 0.265. The highest BCUT2D eigenvalue weighted by Gasteiger charge is 2.05. The normalized spacial score (nSPS) is 10.3. The minimum Gasteiger partial charge on any atom is -0.497 e. The summed E-state index contributed by atoms with van der Waals surface area (Å²) in [5.74, 6) is 2.16. The number of nitrogens with one attached hydrogen (secondary N) is 3. The first kappa shape index (κ1) is 18.2. The second kappa shape index (κ2) is 8.70. The van der Waals surface area contributed by atoms with Crippen molar-refractivity contribution in [3.63, 3.8) is 0 Å². The number of hydrogen-bond acceptors (Lipinski definition) is 5. The van der Waals surface area contributed by atoms with Gasteiger partial charge in [0.15, 0.2) is 5.82 Å². The number of methoxy groups -OCH3 is 1. The number of benzene rings is 1. The number of carbonyl (C=O) groups is 1. The lowest BCUT2D eigenvalue weighted by Crippen LogP contribution is -2.33. The Kier molecular flexibility index (Phi) is 5.88. The first-order chi connectivity index (χ1) is 13.2. The lowest BCUT2D eigenvalue weighted by molar-refractivity contribution is 0.252. The Morgan fingerprint density at radius 2 is 1.93 bits per heavy atom. The Hall–Kier alpha value is -3.55. The van der Waals surface area contributed by atoms with Gasteiger partial charge in [-0.1, -0.05) is 0 Å². The summed E-state index contributed by atoms with van der Waals surface area (Å²) in [7, 11) is 1.61. The molecule has 2 heterocycles. The number of carbonyl (C=O) groups excluding carboxylic acids is 1. The molecule has 0 aliphatic heterocycles. The predicted octanol–water partition coefficient (Wildman–Crippen LogP) is 2.82. The average Bonchev–Trinajstić information content (AvgIpc) is 3.22. The molecule has 2 aromatic heterocycles. The molecule has 0 bridgehead atoms. The number of urea groups is 1. The first-order valence-corrected chi connectivity index (χ1v) is 8.56. The molecule has 0 atom stereocenters. The molecule has 0 saturated carbocycles. The number of rotatable bonds is 7. The van der Waals surface area contributed by atoms with Gasteiger partial charge in [-0.2, -0.15) is 0 Å². The maximum Gasteiger partial charge on any atom is 0.319 e. The fraction of sp³-hybridized carbons (Fsp3) is 0.211. The lowest BCUT2D eigenvalue weighted by atomic mass is 10.2. The van der Waals surface area contributed by atoms with Crippen molar-refractivity contribution in [2.45, 2.75) is 6.92 Å². The van der Waals surface area contributed by atoms with Gasteiger partial charge in [0.25, 0.3) is 0 Å². The molecule has 0 unspecified atom stereocenters. The largest absolute Gasteiger partial charge is 0.497 e. The van der Waals surface area contributed by atoms with E-state index in [1.165, 1.54) is 0 Å². The molecule has 8 nitrogen and oxygen atoms in total. The molecule has 8 heteroatoms. The molecule has 3 aromatic rings. The summed E-state index contributed by atoms with van der Waals surface area (Å²) < 4.78 is 7.03. The van der Waals surface area contributed by atoms with E-state index in [9.17, 15) is 4.79 Å². The van der Waals surface area contributed by atoms with Crippen LogP contribution in [-0.4, -0.2) is 41.0 Å². The third-order valence-electron chi connectivity index (χ3n) is 3.92. The lowest BCUT2D eigenvalue weighted by Gasteiger charge is -2.11. The van der Waals surface area contributed by atoms with Gasteiger partial charge in [0.2, 0.25) is 0 Å². The number of anilines is 2. The molecular weight excluding hydrogens is 344 g/mol.